The SMILES string of the molecule is CNC(N)NCCC[C@H](N)C(O)OC. The molecular weight excluding hydrogens is 184 g/mol. The number of nitrogens with two attached hydrogens (primary N) is 2. The fraction of sp³-hybridized carbons (Fsp3) is 1.00. The van der Waals surface area contributed by atoms with Crippen LogP contribution in [0.3, 0.4) is 0 Å². The van der Waals surface area contributed by atoms with Crippen LogP contribution in [0.15, 0.2) is 0 Å². The number of nitrogens with one attached hydrogen (secondary N) is 2. The van der Waals surface area contributed by atoms with E-state index < -0.39 is 6.29 Å². The maximum absolute atomic E-state index is 9.18. The molecular formula is C8H22N4O2. The van der Waals surface area contributed by atoms with Crippen molar-refractivity contribution in [3.8, 4) is 0 Å². The number of hydrogen-bond acceptors (Lipinski definition) is 6. The van der Waals surface area contributed by atoms with Gasteiger partial charge in [-0.25, -0.2) is 0 Å². The van der Waals surface area contributed by atoms with E-state index in [9.17, 15) is 5.11 Å². The molecule has 2 unspecified atom stereocenters. The molecule has 0 heterocycles. The van der Waals surface area contributed by atoms with Gasteiger partial charge in [0.1, 0.15) is 6.29 Å². The van der Waals surface area contributed by atoms with E-state index in [0.717, 1.165) is 13.0 Å². The highest BCUT2D eigenvalue weighted by molar-refractivity contribution is 4.65. The molecule has 0 aliphatic carbocycles. The summed E-state index contributed by atoms with van der Waals surface area (Å²) in [4.78, 5) is 0. The Morgan fingerprint density at radius 1 is 1.43 bits per heavy atom. The maximum atomic E-state index is 9.18. The number of aliphatic hydroxyl groups excluding tert-OH is 1. The minimum atomic E-state index is -0.882. The van der Waals surface area contributed by atoms with Crippen LogP contribution >= 0.6 is 0 Å². The summed E-state index contributed by atoms with van der Waals surface area (Å²) in [6.07, 6.45) is 0.460. The Morgan fingerprint density at radius 2 is 2.07 bits per heavy atom. The molecule has 0 spiro atoms. The summed E-state index contributed by atoms with van der Waals surface area (Å²) in [6.45, 7) is 0.756. The molecule has 0 radical (unpaired) electrons. The van der Waals surface area contributed by atoms with Crippen LogP contribution in [-0.4, -0.2) is 44.4 Å². The molecule has 3 atom stereocenters. The van der Waals surface area contributed by atoms with Gasteiger partial charge in [-0.15, -0.1) is 0 Å². The number of hydrogen-bond donors (Lipinski definition) is 5. The Labute approximate surface area is 85.0 Å². The molecule has 0 saturated heterocycles. The Morgan fingerprint density at radius 3 is 2.57 bits per heavy atom. The van der Waals surface area contributed by atoms with E-state index >= 15 is 0 Å². The smallest absolute Gasteiger partial charge is 0.169 e. The van der Waals surface area contributed by atoms with Crippen LogP contribution in [-0.2, 0) is 4.74 Å². The molecule has 0 aromatic heterocycles. The molecule has 0 bridgehead atoms. The molecule has 0 saturated carbocycles. The molecule has 6 nitrogen and oxygen atoms in total. The first-order valence-corrected chi connectivity index (χ1v) is 4.74. The van der Waals surface area contributed by atoms with Crippen molar-refractivity contribution in [3.63, 3.8) is 0 Å². The number of ether oxygens (including phenoxy) is 1. The fourth-order valence-corrected chi connectivity index (χ4v) is 1.01. The summed E-state index contributed by atoms with van der Waals surface area (Å²) in [6, 6.07) is -0.340. The predicted octanol–water partition coefficient (Wildman–Crippen LogP) is -1.89. The lowest BCUT2D eigenvalue weighted by molar-refractivity contribution is -0.0908. The number of methoxy groups -OCH3 is 1. The van der Waals surface area contributed by atoms with Crippen molar-refractivity contribution >= 4 is 0 Å². The second-order valence-electron chi connectivity index (χ2n) is 3.15. The van der Waals surface area contributed by atoms with Crippen molar-refractivity contribution in [2.45, 2.75) is 31.5 Å². The zero-order valence-corrected chi connectivity index (χ0v) is 8.86. The monoisotopic (exact) mass is 206 g/mol. The number of aliphatic hydroxyl groups is 1. The topological polar surface area (TPSA) is 106 Å². The summed E-state index contributed by atoms with van der Waals surface area (Å²) in [7, 11) is 3.21. The molecule has 0 aliphatic heterocycles. The normalized spacial score (nSPS) is 17.8. The molecule has 0 aliphatic rings. The lowest BCUT2D eigenvalue weighted by atomic mass is 10.1. The first kappa shape index (κ1) is 13.8. The Hall–Kier alpha value is -0.240. The van der Waals surface area contributed by atoms with Crippen molar-refractivity contribution in [3.05, 3.63) is 0 Å². The van der Waals surface area contributed by atoms with Gasteiger partial charge in [0.05, 0.1) is 6.04 Å². The highest BCUT2D eigenvalue weighted by Gasteiger charge is 2.12. The van der Waals surface area contributed by atoms with Gasteiger partial charge in [0.2, 0.25) is 0 Å². The predicted molar refractivity (Wildman–Crippen MR) is 55.3 cm³/mol. The van der Waals surface area contributed by atoms with Crippen molar-refractivity contribution in [2.24, 2.45) is 11.5 Å². The van der Waals surface area contributed by atoms with Gasteiger partial charge in [-0.2, -0.15) is 0 Å². The standard InChI is InChI=1S/C8H22N4O2/c1-11-8(10)12-5-3-4-6(9)7(13)14-2/h6-8,11-13H,3-5,9-10H2,1-2H3/t6-,7?,8?/m0/s1. The van der Waals surface area contributed by atoms with Crippen molar-refractivity contribution < 1.29 is 9.84 Å². The third kappa shape index (κ3) is 6.25. The summed E-state index contributed by atoms with van der Waals surface area (Å²) < 4.78 is 4.68. The molecule has 0 aromatic carbocycles. The summed E-state index contributed by atoms with van der Waals surface area (Å²) >= 11 is 0. The second-order valence-corrected chi connectivity index (χ2v) is 3.15. The lowest BCUT2D eigenvalue weighted by Gasteiger charge is -2.18. The van der Waals surface area contributed by atoms with Crippen LogP contribution in [0, 0.1) is 0 Å². The molecule has 14 heavy (non-hydrogen) atoms. The molecule has 0 aromatic rings. The van der Waals surface area contributed by atoms with Gasteiger partial charge in [-0.05, 0) is 26.4 Å². The zero-order chi connectivity index (χ0) is 11.0. The molecule has 7 N–H and O–H groups in total. The second kappa shape index (κ2) is 8.10. The van der Waals surface area contributed by atoms with E-state index in [-0.39, 0.29) is 12.3 Å². The van der Waals surface area contributed by atoms with Crippen molar-refractivity contribution in [1.29, 1.82) is 0 Å². The van der Waals surface area contributed by atoms with Crippen LogP contribution in [0.5, 0.6) is 0 Å². The first-order valence-electron chi connectivity index (χ1n) is 4.74. The largest absolute Gasteiger partial charge is 0.367 e. The fourth-order valence-electron chi connectivity index (χ4n) is 1.01. The average molecular weight is 206 g/mol. The first-order chi connectivity index (χ1) is 6.61. The molecule has 0 fully saturated rings. The van der Waals surface area contributed by atoms with E-state index in [0.29, 0.717) is 6.42 Å². The van der Waals surface area contributed by atoms with E-state index in [4.69, 9.17) is 11.5 Å². The van der Waals surface area contributed by atoms with Gasteiger partial charge in [0.25, 0.3) is 0 Å². The van der Waals surface area contributed by atoms with E-state index in [1.807, 2.05) is 0 Å². The minimum absolute atomic E-state index is 0.196. The van der Waals surface area contributed by atoms with E-state index in [1.54, 1.807) is 7.05 Å². The minimum Gasteiger partial charge on any atom is -0.367 e. The summed E-state index contributed by atoms with van der Waals surface area (Å²) in [5, 5.41) is 15.1. The Balaban J connectivity index is 3.35. The van der Waals surface area contributed by atoms with Gasteiger partial charge in [-0.3, -0.25) is 10.6 Å². The molecule has 0 amide bonds. The van der Waals surface area contributed by atoms with Gasteiger partial charge >= 0.3 is 0 Å². The van der Waals surface area contributed by atoms with Crippen LogP contribution in [0.25, 0.3) is 0 Å². The Kier molecular flexibility index (Phi) is 7.96. The van der Waals surface area contributed by atoms with E-state index in [2.05, 4.69) is 15.4 Å². The van der Waals surface area contributed by atoms with Gasteiger partial charge in [0, 0.05) is 7.11 Å². The summed E-state index contributed by atoms with van der Waals surface area (Å²) in [5.41, 5.74) is 11.2. The van der Waals surface area contributed by atoms with Crippen LogP contribution < -0.4 is 22.1 Å². The quantitative estimate of drug-likeness (QED) is 0.235. The van der Waals surface area contributed by atoms with E-state index in [1.165, 1.54) is 7.11 Å². The van der Waals surface area contributed by atoms with Crippen LogP contribution in [0.4, 0.5) is 0 Å². The molecule has 6 heteroatoms. The van der Waals surface area contributed by atoms with Crippen LogP contribution in [0.2, 0.25) is 0 Å². The third-order valence-corrected chi connectivity index (χ3v) is 2.00. The van der Waals surface area contributed by atoms with Crippen molar-refractivity contribution in [1.82, 2.24) is 10.6 Å². The van der Waals surface area contributed by atoms with Gasteiger partial charge in [0.15, 0.2) is 6.29 Å². The third-order valence-electron chi connectivity index (χ3n) is 2.00. The highest BCUT2D eigenvalue weighted by atomic mass is 16.6. The lowest BCUT2D eigenvalue weighted by Crippen LogP contribution is -2.48. The van der Waals surface area contributed by atoms with Gasteiger partial charge in [-0.1, -0.05) is 0 Å². The van der Waals surface area contributed by atoms with Crippen LogP contribution in [0.1, 0.15) is 12.8 Å². The molecule has 86 valence electrons. The molecule has 0 rings (SSSR count). The highest BCUT2D eigenvalue weighted by Crippen LogP contribution is 1.99. The number of rotatable bonds is 8. The average Bonchev–Trinajstić information content (AvgIpc) is 2.22. The van der Waals surface area contributed by atoms with Crippen molar-refractivity contribution in [2.75, 3.05) is 20.7 Å². The summed E-state index contributed by atoms with van der Waals surface area (Å²) in [5.74, 6) is 0. The Bertz CT molecular complexity index is 137. The maximum Gasteiger partial charge on any atom is 0.169 e. The van der Waals surface area contributed by atoms with Gasteiger partial charge < -0.3 is 21.3 Å². The zero-order valence-electron chi connectivity index (χ0n) is 8.86.